The van der Waals surface area contributed by atoms with Crippen molar-refractivity contribution in [2.75, 3.05) is 23.0 Å². The highest BCUT2D eigenvalue weighted by Crippen LogP contribution is 2.41. The molecular weight excluding hydrogens is 656 g/mol. The number of amides is 2. The summed E-state index contributed by atoms with van der Waals surface area (Å²) in [6.45, 7) is 0. The Balaban J connectivity index is 0. The number of hydrogen-bond acceptors (Lipinski definition) is 14. The molecule has 2 aromatic rings. The maximum absolute atomic E-state index is 10.7. The summed E-state index contributed by atoms with van der Waals surface area (Å²) < 4.78 is 6.36. The first-order valence-corrected chi connectivity index (χ1v) is 17.4. The standard InChI is InChI=1S/C9H12N2O2S5.C9H8N2S5.CH4.FH/c10-5(12)1-3-15-7-8(18-9(14)17-7)16-4-2-6(11)13;10-3-1-5-13-7-8(14-6-2-4-11)16-9(12)15-7;;/h1-4H2,(H2,10,12)(H2,11,13);1-2,5-6H2;1H4;1H. The van der Waals surface area contributed by atoms with E-state index < -0.39 is 0 Å². The highest BCUT2D eigenvalue weighted by Gasteiger charge is 2.10. The maximum atomic E-state index is 10.7. The molecule has 2 amide bonds. The van der Waals surface area contributed by atoms with Gasteiger partial charge in [0.2, 0.25) is 11.8 Å². The van der Waals surface area contributed by atoms with Gasteiger partial charge in [-0.15, -0.1) is 92.4 Å². The number of hydrogen-bond donors (Lipinski definition) is 2. The van der Waals surface area contributed by atoms with E-state index in [0.29, 0.717) is 37.2 Å². The van der Waals surface area contributed by atoms with Gasteiger partial charge in [-0.25, -0.2) is 0 Å². The third kappa shape index (κ3) is 17.3. The summed E-state index contributed by atoms with van der Waals surface area (Å²) in [5.74, 6) is 2.32. The van der Waals surface area contributed by atoms with Crippen molar-refractivity contribution in [3.05, 3.63) is 6.28 Å². The highest BCUT2D eigenvalue weighted by molar-refractivity contribution is 8.05. The fourth-order valence-electron chi connectivity index (χ4n) is 1.73. The van der Waals surface area contributed by atoms with Gasteiger partial charge < -0.3 is 11.5 Å². The first kappa shape index (κ1) is 37.9. The van der Waals surface area contributed by atoms with E-state index in [1.165, 1.54) is 31.1 Å². The van der Waals surface area contributed by atoms with Crippen molar-refractivity contribution in [1.29, 1.82) is 10.5 Å². The lowest BCUT2D eigenvalue weighted by atomic mass is 10.5. The summed E-state index contributed by atoms with van der Waals surface area (Å²) in [4.78, 5) is 21.3. The number of nitriles is 2. The zero-order valence-corrected chi connectivity index (χ0v) is 26.2. The van der Waals surface area contributed by atoms with Crippen LogP contribution in [0.1, 0.15) is 33.1 Å². The molecule has 0 aromatic carbocycles. The third-order valence-corrected chi connectivity index (χ3v) is 14.3. The number of carbonyl (C=O) groups excluding carboxylic acids is 2. The lowest BCUT2D eigenvalue weighted by molar-refractivity contribution is -0.118. The van der Waals surface area contributed by atoms with Gasteiger partial charge in [0.25, 0.3) is 0 Å². The molecule has 0 bridgehead atoms. The lowest BCUT2D eigenvalue weighted by Crippen LogP contribution is -2.11. The molecule has 2 aromatic heterocycles. The van der Waals surface area contributed by atoms with Gasteiger partial charge in [0.15, 0.2) is 0 Å². The number of carbonyl (C=O) groups is 2. The number of rotatable bonds is 14. The lowest BCUT2D eigenvalue weighted by Gasteiger charge is -2.00. The molecule has 0 aliphatic rings. The van der Waals surface area contributed by atoms with Crippen LogP contribution in [0.3, 0.4) is 0 Å². The number of nitrogens with zero attached hydrogens (tertiary/aromatic N) is 2. The van der Waals surface area contributed by atoms with E-state index in [9.17, 15) is 9.59 Å². The van der Waals surface area contributed by atoms with Crippen LogP contribution in [-0.4, -0.2) is 34.8 Å². The predicted octanol–water partition coefficient (Wildman–Crippen LogP) is 7.81. The minimum Gasteiger partial charge on any atom is -0.370 e. The monoisotopic (exact) mass is 680 g/mol. The molecule has 0 unspecified atom stereocenters. The van der Waals surface area contributed by atoms with E-state index >= 15 is 0 Å². The summed E-state index contributed by atoms with van der Waals surface area (Å²) in [5, 5.41) is 16.9. The smallest absolute Gasteiger partial charge is 0.218 e. The summed E-state index contributed by atoms with van der Waals surface area (Å²) in [7, 11) is 0. The maximum Gasteiger partial charge on any atom is 0.218 e. The van der Waals surface area contributed by atoms with Crippen molar-refractivity contribution >= 4 is 129 Å². The minimum atomic E-state index is -0.302. The van der Waals surface area contributed by atoms with Crippen LogP contribution < -0.4 is 11.5 Å². The van der Waals surface area contributed by atoms with Crippen LogP contribution in [0, 0.1) is 28.9 Å². The van der Waals surface area contributed by atoms with Crippen molar-refractivity contribution < 1.29 is 14.3 Å². The molecule has 36 heavy (non-hydrogen) atoms. The molecule has 6 nitrogen and oxygen atoms in total. The van der Waals surface area contributed by atoms with Gasteiger partial charge in [0.1, 0.15) is 6.28 Å². The fourth-order valence-corrected chi connectivity index (χ4v) is 13.8. The second kappa shape index (κ2) is 22.7. The molecule has 17 heteroatoms. The van der Waals surface area contributed by atoms with Gasteiger partial charge in [-0.05, 0) is 0 Å². The minimum absolute atomic E-state index is 0. The molecule has 0 aliphatic carbocycles. The van der Waals surface area contributed by atoms with Gasteiger partial charge in [-0.3, -0.25) is 14.3 Å². The van der Waals surface area contributed by atoms with Gasteiger partial charge >= 0.3 is 0 Å². The zero-order chi connectivity index (χ0) is 25.3. The quantitative estimate of drug-likeness (QED) is 0.116. The van der Waals surface area contributed by atoms with E-state index in [2.05, 4.69) is 12.1 Å². The summed E-state index contributed by atoms with van der Waals surface area (Å²) >= 11 is 23.1. The Morgan fingerprint density at radius 2 is 0.972 bits per heavy atom. The topological polar surface area (TPSA) is 134 Å². The average Bonchev–Trinajstić information content (AvgIpc) is 3.29. The third-order valence-electron chi connectivity index (χ3n) is 3.09. The Labute approximate surface area is 254 Å². The molecule has 2 heterocycles. The average molecular weight is 681 g/mol. The normalized spacial score (nSPS) is 9.50. The van der Waals surface area contributed by atoms with Crippen molar-refractivity contribution in [2.45, 2.75) is 49.9 Å². The van der Waals surface area contributed by atoms with Crippen LogP contribution in [0.5, 0.6) is 0 Å². The largest absolute Gasteiger partial charge is 0.370 e. The number of nitrogens with two attached hydrogens (primary N) is 2. The summed E-state index contributed by atoms with van der Waals surface area (Å²) in [5.41, 5.74) is 10.2. The first-order valence-electron chi connectivity index (χ1n) is 9.36. The molecule has 0 aliphatic heterocycles. The van der Waals surface area contributed by atoms with E-state index in [1.54, 1.807) is 69.7 Å². The first-order chi connectivity index (χ1) is 16.3. The van der Waals surface area contributed by atoms with E-state index in [4.69, 9.17) is 46.4 Å². The van der Waals surface area contributed by atoms with Gasteiger partial charge in [-0.2, -0.15) is 10.5 Å². The van der Waals surface area contributed by atoms with Gasteiger partial charge in [0.05, 0.1) is 29.0 Å². The van der Waals surface area contributed by atoms with Gasteiger partial charge in [-0.1, -0.05) is 31.9 Å². The Hall–Kier alpha value is -0.210. The Kier molecular flexibility index (Phi) is 24.0. The molecule has 0 saturated heterocycles. The van der Waals surface area contributed by atoms with Crippen molar-refractivity contribution in [2.24, 2.45) is 11.5 Å². The Morgan fingerprint density at radius 1 is 0.694 bits per heavy atom. The van der Waals surface area contributed by atoms with E-state index in [1.807, 2.05) is 0 Å². The molecule has 0 atom stereocenters. The number of halogens is 1. The van der Waals surface area contributed by atoms with Crippen molar-refractivity contribution in [3.63, 3.8) is 0 Å². The number of primary amides is 2. The molecular formula is C19H25FN4O2S10. The van der Waals surface area contributed by atoms with Crippen LogP contribution in [0.25, 0.3) is 0 Å². The van der Waals surface area contributed by atoms with Crippen LogP contribution in [0.4, 0.5) is 4.70 Å². The van der Waals surface area contributed by atoms with E-state index in [-0.39, 0.29) is 23.9 Å². The molecule has 4 N–H and O–H groups in total. The van der Waals surface area contributed by atoms with E-state index in [0.717, 1.165) is 26.2 Å². The zero-order valence-electron chi connectivity index (χ0n) is 18.0. The van der Waals surface area contributed by atoms with Gasteiger partial charge in [0, 0.05) is 48.7 Å². The summed E-state index contributed by atoms with van der Waals surface area (Å²) in [6, 6.07) is 4.26. The Bertz CT molecular complexity index is 1050. The molecule has 0 radical (unpaired) electrons. The van der Waals surface area contributed by atoms with Crippen molar-refractivity contribution in [1.82, 2.24) is 0 Å². The molecule has 200 valence electrons. The van der Waals surface area contributed by atoms with Crippen LogP contribution in [0.2, 0.25) is 0 Å². The second-order valence-corrected chi connectivity index (χ2v) is 17.6. The molecule has 0 spiro atoms. The van der Waals surface area contributed by atoms with Crippen LogP contribution in [0.15, 0.2) is 16.8 Å². The predicted molar refractivity (Wildman–Crippen MR) is 166 cm³/mol. The Morgan fingerprint density at radius 3 is 1.22 bits per heavy atom. The summed E-state index contributed by atoms with van der Waals surface area (Å²) in [6.07, 6.45) is 1.82. The highest BCUT2D eigenvalue weighted by atomic mass is 32.2. The second-order valence-electron chi connectivity index (χ2n) is 5.70. The fraction of sp³-hybridized carbons (Fsp3) is 0.474. The molecule has 0 saturated carbocycles. The number of thioether (sulfide) groups is 4. The molecule has 0 fully saturated rings. The van der Waals surface area contributed by atoms with Crippen molar-refractivity contribution in [3.8, 4) is 12.1 Å². The van der Waals surface area contributed by atoms with Crippen LogP contribution in [-0.2, 0) is 9.59 Å². The molecule has 2 rings (SSSR count). The van der Waals surface area contributed by atoms with Crippen LogP contribution >= 0.6 is 117 Å². The SMILES string of the molecule is C.F.N#CCCSc1sc(=S)sc1SCCC#N.NC(=O)CCSc1sc(=S)sc1SCCC(N)=O.